The van der Waals surface area contributed by atoms with Crippen molar-refractivity contribution in [3.63, 3.8) is 0 Å². The molecular weight excluding hydrogens is 368 g/mol. The summed E-state index contributed by atoms with van der Waals surface area (Å²) in [6, 6.07) is 23.4. The van der Waals surface area contributed by atoms with Crippen LogP contribution in [0.25, 0.3) is 23.1 Å². The first-order chi connectivity index (χ1) is 14.6. The molecule has 0 bridgehead atoms. The number of hydrogen-bond acceptors (Lipinski definition) is 3. The van der Waals surface area contributed by atoms with Crippen molar-refractivity contribution in [2.75, 3.05) is 12.3 Å². The van der Waals surface area contributed by atoms with Crippen LogP contribution in [0.3, 0.4) is 0 Å². The summed E-state index contributed by atoms with van der Waals surface area (Å²) >= 11 is 0. The van der Waals surface area contributed by atoms with Crippen molar-refractivity contribution in [3.05, 3.63) is 94.7 Å². The number of nitrogens with zero attached hydrogens (tertiary/aromatic N) is 2. The minimum absolute atomic E-state index is 0.790. The monoisotopic (exact) mass is 396 g/mol. The number of H-pyrrole nitrogens is 1. The maximum Gasteiger partial charge on any atom is 0.0928 e. The molecule has 4 heteroatoms. The van der Waals surface area contributed by atoms with Crippen molar-refractivity contribution in [3.8, 4) is 0 Å². The Morgan fingerprint density at radius 2 is 1.70 bits per heavy atom. The van der Waals surface area contributed by atoms with E-state index in [-0.39, 0.29) is 0 Å². The van der Waals surface area contributed by atoms with Crippen LogP contribution in [0.1, 0.15) is 34.9 Å². The van der Waals surface area contributed by atoms with Gasteiger partial charge in [0.2, 0.25) is 0 Å². The van der Waals surface area contributed by atoms with Gasteiger partial charge in [-0.05, 0) is 53.9 Å². The Morgan fingerprint density at radius 3 is 2.50 bits per heavy atom. The van der Waals surface area contributed by atoms with E-state index in [1.54, 1.807) is 0 Å². The van der Waals surface area contributed by atoms with Gasteiger partial charge in [-0.2, -0.15) is 5.10 Å². The summed E-state index contributed by atoms with van der Waals surface area (Å²) in [5.41, 5.74) is 13.7. The van der Waals surface area contributed by atoms with Crippen LogP contribution in [-0.4, -0.2) is 21.6 Å². The number of hydrogen-bond donors (Lipinski definition) is 2. The van der Waals surface area contributed by atoms with E-state index in [1.165, 1.54) is 16.7 Å². The first kappa shape index (κ1) is 19.9. The molecule has 0 atom stereocenters. The zero-order valence-electron chi connectivity index (χ0n) is 17.6. The molecule has 1 aromatic heterocycles. The molecular formula is C26H28N4. The average molecular weight is 397 g/mol. The Kier molecular flexibility index (Phi) is 5.96. The highest BCUT2D eigenvalue weighted by Crippen LogP contribution is 2.24. The molecule has 0 aliphatic heterocycles. The summed E-state index contributed by atoms with van der Waals surface area (Å²) < 4.78 is 0. The second-order valence-corrected chi connectivity index (χ2v) is 7.73. The van der Waals surface area contributed by atoms with Crippen LogP contribution in [0.2, 0.25) is 0 Å². The molecule has 3 aromatic carbocycles. The van der Waals surface area contributed by atoms with E-state index >= 15 is 0 Å². The standard InChI is InChI=1S/C26H28N4/c1-3-30(17-21-8-5-4-6-9-21)18-22-11-7-10-20(15-22)12-13-25-23-16-24(27)19(2)14-26(23)29-28-25/h4-16H,3,17-18,27H2,1-2H3,(H,28,29). The molecule has 4 nitrogen and oxygen atoms in total. The second kappa shape index (κ2) is 8.97. The van der Waals surface area contributed by atoms with Crippen molar-refractivity contribution in [1.29, 1.82) is 0 Å². The number of fused-ring (bicyclic) bond motifs is 1. The third-order valence-corrected chi connectivity index (χ3v) is 5.47. The first-order valence-corrected chi connectivity index (χ1v) is 10.4. The Bertz CT molecular complexity index is 1160. The average Bonchev–Trinajstić information content (AvgIpc) is 3.14. The molecule has 0 aliphatic rings. The Hall–Kier alpha value is -3.37. The predicted octanol–water partition coefficient (Wildman–Crippen LogP) is 5.65. The number of nitrogens with two attached hydrogens (primary N) is 1. The van der Waals surface area contributed by atoms with Crippen molar-refractivity contribution in [1.82, 2.24) is 15.1 Å². The fraction of sp³-hybridized carbons (Fsp3) is 0.192. The SMILES string of the molecule is CCN(Cc1ccccc1)Cc1cccc(C=Cc2n[nH]c3cc(C)c(N)cc23)c1. The molecule has 30 heavy (non-hydrogen) atoms. The van der Waals surface area contributed by atoms with Crippen LogP contribution >= 0.6 is 0 Å². The van der Waals surface area contributed by atoms with E-state index in [2.05, 4.69) is 82.7 Å². The molecule has 0 amide bonds. The molecule has 0 saturated carbocycles. The number of benzene rings is 3. The molecule has 152 valence electrons. The zero-order chi connectivity index (χ0) is 20.9. The Morgan fingerprint density at radius 1 is 0.933 bits per heavy atom. The van der Waals surface area contributed by atoms with Crippen LogP contribution in [-0.2, 0) is 13.1 Å². The number of aryl methyl sites for hydroxylation is 1. The van der Waals surface area contributed by atoms with Crippen LogP contribution in [0.15, 0.2) is 66.7 Å². The minimum atomic E-state index is 0.790. The summed E-state index contributed by atoms with van der Waals surface area (Å²) in [6.45, 7) is 7.11. The van der Waals surface area contributed by atoms with Crippen LogP contribution in [0.5, 0.6) is 0 Å². The summed E-state index contributed by atoms with van der Waals surface area (Å²) in [4.78, 5) is 2.45. The van der Waals surface area contributed by atoms with Crippen molar-refractivity contribution in [2.24, 2.45) is 0 Å². The fourth-order valence-electron chi connectivity index (χ4n) is 3.69. The van der Waals surface area contributed by atoms with Crippen molar-refractivity contribution < 1.29 is 0 Å². The maximum atomic E-state index is 6.09. The fourth-order valence-corrected chi connectivity index (χ4v) is 3.69. The number of aromatic nitrogens is 2. The van der Waals surface area contributed by atoms with Gasteiger partial charge < -0.3 is 5.73 Å². The zero-order valence-corrected chi connectivity index (χ0v) is 17.6. The van der Waals surface area contributed by atoms with E-state index in [1.807, 2.05) is 25.1 Å². The normalized spacial score (nSPS) is 11.7. The van der Waals surface area contributed by atoms with Gasteiger partial charge in [0.25, 0.3) is 0 Å². The minimum Gasteiger partial charge on any atom is -0.398 e. The number of aromatic amines is 1. The number of rotatable bonds is 7. The smallest absolute Gasteiger partial charge is 0.0928 e. The Balaban J connectivity index is 1.50. The van der Waals surface area contributed by atoms with E-state index in [0.717, 1.165) is 47.5 Å². The van der Waals surface area contributed by atoms with E-state index in [0.29, 0.717) is 0 Å². The van der Waals surface area contributed by atoms with Crippen molar-refractivity contribution >= 4 is 28.7 Å². The van der Waals surface area contributed by atoms with Gasteiger partial charge in [0.05, 0.1) is 11.2 Å². The topological polar surface area (TPSA) is 57.9 Å². The van der Waals surface area contributed by atoms with Gasteiger partial charge in [-0.15, -0.1) is 0 Å². The third-order valence-electron chi connectivity index (χ3n) is 5.47. The summed E-state index contributed by atoms with van der Waals surface area (Å²) in [5.74, 6) is 0. The number of nitrogen functional groups attached to an aromatic ring is 1. The third kappa shape index (κ3) is 4.61. The molecule has 0 radical (unpaired) electrons. The van der Waals surface area contributed by atoms with E-state index in [9.17, 15) is 0 Å². The van der Waals surface area contributed by atoms with E-state index in [4.69, 9.17) is 5.73 Å². The lowest BCUT2D eigenvalue weighted by Gasteiger charge is -2.20. The maximum absolute atomic E-state index is 6.09. The lowest BCUT2D eigenvalue weighted by Crippen LogP contribution is -2.22. The highest BCUT2D eigenvalue weighted by molar-refractivity contribution is 5.92. The molecule has 0 saturated heterocycles. The van der Waals surface area contributed by atoms with Gasteiger partial charge in [0.1, 0.15) is 0 Å². The first-order valence-electron chi connectivity index (χ1n) is 10.4. The highest BCUT2D eigenvalue weighted by atomic mass is 15.1. The number of anilines is 1. The predicted molar refractivity (Wildman–Crippen MR) is 127 cm³/mol. The van der Waals surface area contributed by atoms with Gasteiger partial charge in [0, 0.05) is 24.2 Å². The highest BCUT2D eigenvalue weighted by Gasteiger charge is 2.07. The molecule has 0 spiro atoms. The van der Waals surface area contributed by atoms with Crippen LogP contribution < -0.4 is 5.73 Å². The van der Waals surface area contributed by atoms with Crippen LogP contribution in [0, 0.1) is 6.92 Å². The molecule has 4 rings (SSSR count). The molecule has 0 aliphatic carbocycles. The van der Waals surface area contributed by atoms with E-state index < -0.39 is 0 Å². The molecule has 4 aromatic rings. The van der Waals surface area contributed by atoms with Gasteiger partial charge in [-0.25, -0.2) is 0 Å². The van der Waals surface area contributed by atoms with Crippen molar-refractivity contribution in [2.45, 2.75) is 26.9 Å². The second-order valence-electron chi connectivity index (χ2n) is 7.73. The van der Waals surface area contributed by atoms with Gasteiger partial charge in [-0.1, -0.05) is 67.6 Å². The van der Waals surface area contributed by atoms with Gasteiger partial charge in [-0.3, -0.25) is 10.00 Å². The lowest BCUT2D eigenvalue weighted by molar-refractivity contribution is 0.271. The summed E-state index contributed by atoms with van der Waals surface area (Å²) in [7, 11) is 0. The van der Waals surface area contributed by atoms with Crippen LogP contribution in [0.4, 0.5) is 5.69 Å². The van der Waals surface area contributed by atoms with Gasteiger partial charge in [0.15, 0.2) is 0 Å². The molecule has 0 unspecified atom stereocenters. The largest absolute Gasteiger partial charge is 0.398 e. The van der Waals surface area contributed by atoms with Gasteiger partial charge >= 0.3 is 0 Å². The number of nitrogens with one attached hydrogen (secondary N) is 1. The quantitative estimate of drug-likeness (QED) is 0.397. The Labute approximate surface area is 178 Å². The summed E-state index contributed by atoms with van der Waals surface area (Å²) in [5, 5.41) is 8.59. The molecule has 1 heterocycles. The molecule has 3 N–H and O–H groups in total. The lowest BCUT2D eigenvalue weighted by atomic mass is 10.1. The molecule has 0 fully saturated rings. The summed E-state index contributed by atoms with van der Waals surface area (Å²) in [6.07, 6.45) is 4.16.